The van der Waals surface area contributed by atoms with Gasteiger partial charge in [0.2, 0.25) is 0 Å². The molecule has 1 aromatic carbocycles. The van der Waals surface area contributed by atoms with E-state index in [-0.39, 0.29) is 5.91 Å². The van der Waals surface area contributed by atoms with Crippen LogP contribution in [0.25, 0.3) is 0 Å². The minimum Gasteiger partial charge on any atom is -0.497 e. The van der Waals surface area contributed by atoms with Crippen LogP contribution in [0.4, 0.5) is 0 Å². The number of likely N-dealkylation sites (tertiary alicyclic amines) is 1. The second-order valence-electron chi connectivity index (χ2n) is 8.81. The number of nitrogens with one attached hydrogen (secondary N) is 1. The lowest BCUT2D eigenvalue weighted by atomic mass is 9.88. The fraction of sp³-hybridized carbons (Fsp3) is 0.565. The molecule has 160 valence electrons. The number of amides is 1. The lowest BCUT2D eigenvalue weighted by molar-refractivity contribution is -0.173. The van der Waals surface area contributed by atoms with E-state index in [9.17, 15) is 4.79 Å². The molecule has 2 aromatic rings. The highest BCUT2D eigenvalue weighted by atomic mass is 16.5. The number of nitrogens with zero attached hydrogens (tertiary/aromatic N) is 3. The third-order valence-electron chi connectivity index (χ3n) is 6.65. The van der Waals surface area contributed by atoms with Gasteiger partial charge in [-0.3, -0.25) is 4.79 Å². The van der Waals surface area contributed by atoms with Crippen LogP contribution in [0.3, 0.4) is 0 Å². The fourth-order valence-electron chi connectivity index (χ4n) is 4.68. The molecule has 1 amide bonds. The maximum absolute atomic E-state index is 13.0. The molecule has 1 aliphatic carbocycles. The summed E-state index contributed by atoms with van der Waals surface area (Å²) in [6.07, 6.45) is 7.82. The minimum atomic E-state index is -0.500. The molecular weight excluding hydrogens is 380 g/mol. The number of imidazole rings is 1. The molecule has 1 N–H and O–H groups in total. The van der Waals surface area contributed by atoms with E-state index in [4.69, 9.17) is 9.47 Å². The number of aromatic nitrogens is 2. The summed E-state index contributed by atoms with van der Waals surface area (Å²) in [5, 5.41) is 3.05. The Balaban J connectivity index is 1.24. The molecule has 0 radical (unpaired) electrons. The van der Waals surface area contributed by atoms with Crippen molar-refractivity contribution in [1.29, 1.82) is 0 Å². The third-order valence-corrected chi connectivity index (χ3v) is 6.65. The minimum absolute atomic E-state index is 0.0649. The first-order valence-electron chi connectivity index (χ1n) is 11.0. The molecule has 2 fully saturated rings. The topological polar surface area (TPSA) is 68.6 Å². The zero-order chi connectivity index (χ0) is 20.6. The highest BCUT2D eigenvalue weighted by Crippen LogP contribution is 2.41. The molecule has 30 heavy (non-hydrogen) atoms. The van der Waals surface area contributed by atoms with Crippen LogP contribution in [-0.2, 0) is 28.2 Å². The second-order valence-corrected chi connectivity index (χ2v) is 8.81. The van der Waals surface area contributed by atoms with Crippen molar-refractivity contribution in [2.75, 3.05) is 26.7 Å². The van der Waals surface area contributed by atoms with Gasteiger partial charge in [0, 0.05) is 38.6 Å². The van der Waals surface area contributed by atoms with Crippen LogP contribution in [0.2, 0.25) is 0 Å². The van der Waals surface area contributed by atoms with Gasteiger partial charge >= 0.3 is 0 Å². The monoisotopic (exact) mass is 410 g/mol. The van der Waals surface area contributed by atoms with E-state index < -0.39 is 11.7 Å². The molecule has 2 aliphatic heterocycles. The van der Waals surface area contributed by atoms with Gasteiger partial charge < -0.3 is 24.3 Å². The molecule has 1 saturated heterocycles. The van der Waals surface area contributed by atoms with Crippen molar-refractivity contribution in [3.8, 4) is 5.75 Å². The van der Waals surface area contributed by atoms with Crippen LogP contribution in [0, 0.1) is 5.92 Å². The van der Waals surface area contributed by atoms with Gasteiger partial charge in [0.25, 0.3) is 5.91 Å². The summed E-state index contributed by atoms with van der Waals surface area (Å²) < 4.78 is 13.8. The van der Waals surface area contributed by atoms with Gasteiger partial charge in [0.1, 0.15) is 17.2 Å². The number of benzene rings is 1. The van der Waals surface area contributed by atoms with E-state index in [1.807, 2.05) is 36.7 Å². The first-order chi connectivity index (χ1) is 14.6. The van der Waals surface area contributed by atoms with E-state index in [0.717, 1.165) is 49.0 Å². The van der Waals surface area contributed by atoms with Crippen LogP contribution >= 0.6 is 0 Å². The molecule has 7 nitrogen and oxygen atoms in total. The lowest BCUT2D eigenvalue weighted by Crippen LogP contribution is -2.54. The standard InChI is InChI=1S/C23H30N4O3/c1-29-19-6-4-17(5-7-19)14-25-21(28)20-16-27-13-10-24-22(27)23(30-20)8-11-26(12-9-23)15-18-2-3-18/h4-7,10,13,18,20H,2-3,8-9,11-12,14-16H2,1H3,(H,25,28). The SMILES string of the molecule is COc1ccc(CNC(=O)C2Cn3ccnc3C3(CCN(CC4CC4)CC3)O2)cc1. The Morgan fingerprint density at radius 2 is 2.03 bits per heavy atom. The number of piperidine rings is 1. The van der Waals surface area contributed by atoms with Crippen molar-refractivity contribution in [1.82, 2.24) is 19.8 Å². The first kappa shape index (κ1) is 19.6. The summed E-state index contributed by atoms with van der Waals surface area (Å²) in [6.45, 7) is 4.20. The smallest absolute Gasteiger partial charge is 0.251 e. The van der Waals surface area contributed by atoms with Gasteiger partial charge in [-0.1, -0.05) is 12.1 Å². The van der Waals surface area contributed by atoms with Gasteiger partial charge in [-0.25, -0.2) is 4.98 Å². The van der Waals surface area contributed by atoms with Crippen molar-refractivity contribution < 1.29 is 14.3 Å². The molecule has 5 rings (SSSR count). The average Bonchev–Trinajstić information content (AvgIpc) is 3.46. The van der Waals surface area contributed by atoms with Crippen molar-refractivity contribution in [2.45, 2.75) is 50.5 Å². The molecule has 1 saturated carbocycles. The highest BCUT2D eigenvalue weighted by Gasteiger charge is 2.47. The average molecular weight is 411 g/mol. The maximum atomic E-state index is 13.0. The Hall–Kier alpha value is -2.38. The Morgan fingerprint density at radius 1 is 1.27 bits per heavy atom. The maximum Gasteiger partial charge on any atom is 0.251 e. The molecule has 1 atom stereocenters. The third kappa shape index (κ3) is 3.96. The van der Waals surface area contributed by atoms with Gasteiger partial charge in [0.05, 0.1) is 13.7 Å². The van der Waals surface area contributed by atoms with Crippen LogP contribution in [0.5, 0.6) is 5.75 Å². The Morgan fingerprint density at radius 3 is 2.73 bits per heavy atom. The number of rotatable bonds is 6. The Labute approximate surface area is 177 Å². The molecule has 3 aliphatic rings. The van der Waals surface area contributed by atoms with Crippen LogP contribution in [-0.4, -0.2) is 53.2 Å². The lowest BCUT2D eigenvalue weighted by Gasteiger charge is -2.45. The van der Waals surface area contributed by atoms with E-state index in [1.54, 1.807) is 7.11 Å². The summed E-state index contributed by atoms with van der Waals surface area (Å²) in [7, 11) is 1.65. The summed E-state index contributed by atoms with van der Waals surface area (Å²) in [4.78, 5) is 20.1. The number of hydrogen-bond donors (Lipinski definition) is 1. The number of fused-ring (bicyclic) bond motifs is 2. The summed E-state index contributed by atoms with van der Waals surface area (Å²) in [5.41, 5.74) is 0.579. The van der Waals surface area contributed by atoms with Gasteiger partial charge in [-0.2, -0.15) is 0 Å². The number of methoxy groups -OCH3 is 1. The highest BCUT2D eigenvalue weighted by molar-refractivity contribution is 5.81. The largest absolute Gasteiger partial charge is 0.497 e. The number of carbonyl (C=O) groups is 1. The van der Waals surface area contributed by atoms with E-state index in [1.165, 1.54) is 19.4 Å². The van der Waals surface area contributed by atoms with Crippen LogP contribution < -0.4 is 10.1 Å². The van der Waals surface area contributed by atoms with E-state index in [2.05, 4.69) is 19.8 Å². The molecule has 1 unspecified atom stereocenters. The zero-order valence-electron chi connectivity index (χ0n) is 17.5. The molecular formula is C23H30N4O3. The first-order valence-corrected chi connectivity index (χ1v) is 11.0. The van der Waals surface area contributed by atoms with E-state index >= 15 is 0 Å². The number of hydrogen-bond acceptors (Lipinski definition) is 5. The molecule has 7 heteroatoms. The van der Waals surface area contributed by atoms with Crippen molar-refractivity contribution >= 4 is 5.91 Å². The number of ether oxygens (including phenoxy) is 2. The molecule has 3 heterocycles. The Kier molecular flexibility index (Phi) is 5.25. The predicted molar refractivity (Wildman–Crippen MR) is 112 cm³/mol. The van der Waals surface area contributed by atoms with Crippen LogP contribution in [0.15, 0.2) is 36.7 Å². The van der Waals surface area contributed by atoms with Gasteiger partial charge in [-0.15, -0.1) is 0 Å². The molecule has 0 bridgehead atoms. The van der Waals surface area contributed by atoms with Crippen molar-refractivity contribution in [3.63, 3.8) is 0 Å². The quantitative estimate of drug-likeness (QED) is 0.792. The molecule has 1 aromatic heterocycles. The summed E-state index contributed by atoms with van der Waals surface area (Å²) in [6, 6.07) is 7.74. The normalized spacial score (nSPS) is 23.2. The van der Waals surface area contributed by atoms with Crippen LogP contribution in [0.1, 0.15) is 37.1 Å². The molecule has 1 spiro atoms. The summed E-state index contributed by atoms with van der Waals surface area (Å²) in [5.74, 6) is 2.62. The predicted octanol–water partition coefficient (Wildman–Crippen LogP) is 2.31. The van der Waals surface area contributed by atoms with Crippen molar-refractivity contribution in [3.05, 3.63) is 48.0 Å². The van der Waals surface area contributed by atoms with Crippen molar-refractivity contribution in [2.24, 2.45) is 5.92 Å². The van der Waals surface area contributed by atoms with E-state index in [0.29, 0.717) is 13.1 Å². The summed E-state index contributed by atoms with van der Waals surface area (Å²) >= 11 is 0. The number of carbonyl (C=O) groups excluding carboxylic acids is 1. The fourth-order valence-corrected chi connectivity index (χ4v) is 4.68. The van der Waals surface area contributed by atoms with Gasteiger partial charge in [-0.05, 0) is 49.3 Å². The zero-order valence-corrected chi connectivity index (χ0v) is 17.5. The second kappa shape index (κ2) is 8.04. The Bertz CT molecular complexity index is 882. The van der Waals surface area contributed by atoms with Gasteiger partial charge in [0.15, 0.2) is 6.10 Å².